The Morgan fingerprint density at radius 3 is 2.57 bits per heavy atom. The molecule has 0 bridgehead atoms. The predicted octanol–water partition coefficient (Wildman–Crippen LogP) is 1.28. The molecule has 2 rings (SSSR count). The number of amides is 1. The van der Waals surface area contributed by atoms with Gasteiger partial charge in [-0.3, -0.25) is 9.69 Å². The van der Waals surface area contributed by atoms with Crippen molar-refractivity contribution in [2.24, 2.45) is 17.4 Å². The van der Waals surface area contributed by atoms with Crippen LogP contribution in [0.1, 0.15) is 31.4 Å². The number of nitrogens with two attached hydrogens (primary N) is 2. The zero-order valence-electron chi connectivity index (χ0n) is 12.8. The van der Waals surface area contributed by atoms with Crippen molar-refractivity contribution in [1.29, 1.82) is 0 Å². The maximum Gasteiger partial charge on any atom is 0.221 e. The summed E-state index contributed by atoms with van der Waals surface area (Å²) in [5.74, 6) is 0.560. The second kappa shape index (κ2) is 6.91. The van der Waals surface area contributed by atoms with E-state index in [2.05, 4.69) is 24.0 Å². The quantitative estimate of drug-likeness (QED) is 0.827. The Kier molecular flexibility index (Phi) is 5.20. The fraction of sp³-hybridized carbons (Fsp3) is 0.562. The minimum atomic E-state index is -0.212. The number of hydrogen-bond donors (Lipinski definition) is 2. The van der Waals surface area contributed by atoms with Gasteiger partial charge in [-0.2, -0.15) is 0 Å². The van der Waals surface area contributed by atoms with E-state index in [-0.39, 0.29) is 23.9 Å². The highest BCUT2D eigenvalue weighted by Gasteiger charge is 2.34. The molecule has 1 amide bonds. The summed E-state index contributed by atoms with van der Waals surface area (Å²) in [5.41, 5.74) is 12.9. The number of likely N-dealkylation sites (tertiary alicyclic amines) is 1. The third kappa shape index (κ3) is 3.54. The lowest BCUT2D eigenvalue weighted by molar-refractivity contribution is -0.121. The molecule has 0 aliphatic carbocycles. The SMILES string of the molecule is CCC(N)C(c1ccc(OC)cc1)N1CCC(C(N)=O)C1. The minimum absolute atomic E-state index is 0.0324. The molecule has 116 valence electrons. The Labute approximate surface area is 126 Å². The first-order valence-electron chi connectivity index (χ1n) is 7.49. The Balaban J connectivity index is 2.20. The maximum atomic E-state index is 11.4. The van der Waals surface area contributed by atoms with Gasteiger partial charge >= 0.3 is 0 Å². The Morgan fingerprint density at radius 1 is 1.43 bits per heavy atom. The molecule has 1 fully saturated rings. The van der Waals surface area contributed by atoms with Gasteiger partial charge in [0.2, 0.25) is 5.91 Å². The standard InChI is InChI=1S/C16H25N3O2/c1-3-14(17)15(11-4-6-13(21-2)7-5-11)19-9-8-12(10-19)16(18)20/h4-7,12,14-15H,3,8-10,17H2,1-2H3,(H2,18,20). The molecule has 5 nitrogen and oxygen atoms in total. The Bertz CT molecular complexity index is 475. The van der Waals surface area contributed by atoms with Crippen molar-refractivity contribution in [3.05, 3.63) is 29.8 Å². The number of rotatable bonds is 6. The molecule has 1 aromatic carbocycles. The summed E-state index contributed by atoms with van der Waals surface area (Å²) >= 11 is 0. The molecule has 1 aliphatic rings. The zero-order chi connectivity index (χ0) is 15.4. The van der Waals surface area contributed by atoms with Crippen LogP contribution in [0.3, 0.4) is 0 Å². The van der Waals surface area contributed by atoms with E-state index in [1.807, 2.05) is 12.1 Å². The molecule has 1 saturated heterocycles. The molecule has 1 aliphatic heterocycles. The molecule has 0 spiro atoms. The van der Waals surface area contributed by atoms with Crippen LogP contribution in [-0.2, 0) is 4.79 Å². The van der Waals surface area contributed by atoms with Crippen molar-refractivity contribution in [2.45, 2.75) is 31.8 Å². The fourth-order valence-corrected chi connectivity index (χ4v) is 3.03. The lowest BCUT2D eigenvalue weighted by Gasteiger charge is -2.32. The van der Waals surface area contributed by atoms with Crippen LogP contribution in [0, 0.1) is 5.92 Å². The molecule has 5 heteroatoms. The van der Waals surface area contributed by atoms with Gasteiger partial charge in [-0.1, -0.05) is 19.1 Å². The van der Waals surface area contributed by atoms with E-state index >= 15 is 0 Å². The lowest BCUT2D eigenvalue weighted by atomic mass is 9.96. The number of carbonyl (C=O) groups excluding carboxylic acids is 1. The number of carbonyl (C=O) groups is 1. The van der Waals surface area contributed by atoms with E-state index in [1.165, 1.54) is 0 Å². The second-order valence-electron chi connectivity index (χ2n) is 5.67. The second-order valence-corrected chi connectivity index (χ2v) is 5.67. The zero-order valence-corrected chi connectivity index (χ0v) is 12.8. The molecular weight excluding hydrogens is 266 g/mol. The molecule has 3 atom stereocenters. The highest BCUT2D eigenvalue weighted by molar-refractivity contribution is 5.77. The van der Waals surface area contributed by atoms with Gasteiger partial charge in [-0.05, 0) is 37.1 Å². The predicted molar refractivity (Wildman–Crippen MR) is 82.9 cm³/mol. The van der Waals surface area contributed by atoms with Crippen LogP contribution in [0.2, 0.25) is 0 Å². The van der Waals surface area contributed by atoms with Crippen LogP contribution in [0.5, 0.6) is 5.75 Å². The number of hydrogen-bond acceptors (Lipinski definition) is 4. The van der Waals surface area contributed by atoms with Crippen molar-refractivity contribution in [3.8, 4) is 5.75 Å². The van der Waals surface area contributed by atoms with Gasteiger partial charge in [-0.15, -0.1) is 0 Å². The lowest BCUT2D eigenvalue weighted by Crippen LogP contribution is -2.40. The Hall–Kier alpha value is -1.59. The monoisotopic (exact) mass is 291 g/mol. The van der Waals surface area contributed by atoms with Gasteiger partial charge < -0.3 is 16.2 Å². The van der Waals surface area contributed by atoms with E-state index in [0.29, 0.717) is 6.54 Å². The van der Waals surface area contributed by atoms with E-state index in [4.69, 9.17) is 16.2 Å². The molecule has 0 saturated carbocycles. The van der Waals surface area contributed by atoms with Crippen molar-refractivity contribution >= 4 is 5.91 Å². The molecule has 21 heavy (non-hydrogen) atoms. The number of primary amides is 1. The van der Waals surface area contributed by atoms with Crippen LogP contribution in [0.4, 0.5) is 0 Å². The first-order chi connectivity index (χ1) is 10.1. The van der Waals surface area contributed by atoms with Gasteiger partial charge in [0, 0.05) is 18.6 Å². The largest absolute Gasteiger partial charge is 0.497 e. The van der Waals surface area contributed by atoms with Crippen molar-refractivity contribution < 1.29 is 9.53 Å². The summed E-state index contributed by atoms with van der Waals surface area (Å²) in [6.07, 6.45) is 1.70. The van der Waals surface area contributed by atoms with Gasteiger partial charge in [0.1, 0.15) is 5.75 Å². The average molecular weight is 291 g/mol. The van der Waals surface area contributed by atoms with Crippen LogP contribution in [-0.4, -0.2) is 37.0 Å². The molecule has 1 heterocycles. The number of methoxy groups -OCH3 is 1. The molecular formula is C16H25N3O2. The van der Waals surface area contributed by atoms with Crippen molar-refractivity contribution in [2.75, 3.05) is 20.2 Å². The van der Waals surface area contributed by atoms with Gasteiger partial charge in [0.25, 0.3) is 0 Å². The van der Waals surface area contributed by atoms with Crippen LogP contribution < -0.4 is 16.2 Å². The Morgan fingerprint density at radius 2 is 2.10 bits per heavy atom. The van der Waals surface area contributed by atoms with Crippen molar-refractivity contribution in [1.82, 2.24) is 4.90 Å². The highest BCUT2D eigenvalue weighted by atomic mass is 16.5. The first kappa shape index (κ1) is 15.8. The smallest absolute Gasteiger partial charge is 0.221 e. The molecule has 4 N–H and O–H groups in total. The average Bonchev–Trinajstić information content (AvgIpc) is 2.97. The molecule has 0 aromatic heterocycles. The third-order valence-electron chi connectivity index (χ3n) is 4.35. The molecule has 1 aromatic rings. The number of benzene rings is 1. The van der Waals surface area contributed by atoms with E-state index in [9.17, 15) is 4.79 Å². The van der Waals surface area contributed by atoms with E-state index < -0.39 is 0 Å². The summed E-state index contributed by atoms with van der Waals surface area (Å²) < 4.78 is 5.20. The number of nitrogens with zero attached hydrogens (tertiary/aromatic N) is 1. The highest BCUT2D eigenvalue weighted by Crippen LogP contribution is 2.31. The summed E-state index contributed by atoms with van der Waals surface area (Å²) in [6.45, 7) is 3.64. The van der Waals surface area contributed by atoms with E-state index in [0.717, 1.165) is 30.7 Å². The topological polar surface area (TPSA) is 81.6 Å². The summed E-state index contributed by atoms with van der Waals surface area (Å²) in [6, 6.07) is 8.15. The minimum Gasteiger partial charge on any atom is -0.497 e. The maximum absolute atomic E-state index is 11.4. The van der Waals surface area contributed by atoms with Gasteiger partial charge in [0.05, 0.1) is 13.0 Å². The van der Waals surface area contributed by atoms with Gasteiger partial charge in [0.15, 0.2) is 0 Å². The van der Waals surface area contributed by atoms with Crippen molar-refractivity contribution in [3.63, 3.8) is 0 Å². The normalized spacial score (nSPS) is 22.0. The summed E-state index contributed by atoms with van der Waals surface area (Å²) in [7, 11) is 1.65. The molecule has 3 unspecified atom stereocenters. The van der Waals surface area contributed by atoms with Crippen LogP contribution >= 0.6 is 0 Å². The van der Waals surface area contributed by atoms with Crippen LogP contribution in [0.25, 0.3) is 0 Å². The third-order valence-corrected chi connectivity index (χ3v) is 4.35. The number of ether oxygens (including phenoxy) is 1. The molecule has 0 radical (unpaired) electrons. The van der Waals surface area contributed by atoms with Gasteiger partial charge in [-0.25, -0.2) is 0 Å². The summed E-state index contributed by atoms with van der Waals surface area (Å²) in [4.78, 5) is 13.7. The van der Waals surface area contributed by atoms with Crippen LogP contribution in [0.15, 0.2) is 24.3 Å². The summed E-state index contributed by atoms with van der Waals surface area (Å²) in [5, 5.41) is 0. The van der Waals surface area contributed by atoms with E-state index in [1.54, 1.807) is 7.11 Å². The first-order valence-corrected chi connectivity index (χ1v) is 7.49. The fourth-order valence-electron chi connectivity index (χ4n) is 3.03.